The van der Waals surface area contributed by atoms with Crippen molar-refractivity contribution in [1.29, 1.82) is 0 Å². The lowest BCUT2D eigenvalue weighted by molar-refractivity contribution is -0.162. The van der Waals surface area contributed by atoms with E-state index in [1.807, 2.05) is 19.1 Å². The van der Waals surface area contributed by atoms with Gasteiger partial charge in [0.25, 0.3) is 5.91 Å². The number of benzene rings is 1. The van der Waals surface area contributed by atoms with Crippen LogP contribution >= 0.6 is 0 Å². The van der Waals surface area contributed by atoms with Crippen LogP contribution < -0.4 is 5.32 Å². The first-order chi connectivity index (χ1) is 10.9. The molecule has 23 heavy (non-hydrogen) atoms. The molecule has 1 aromatic carbocycles. The molecule has 2 atom stereocenters. The second kappa shape index (κ2) is 7.26. The van der Waals surface area contributed by atoms with Crippen LogP contribution in [0.3, 0.4) is 0 Å². The van der Waals surface area contributed by atoms with E-state index in [-0.39, 0.29) is 18.4 Å². The lowest BCUT2D eigenvalue weighted by Crippen LogP contribution is -2.46. The van der Waals surface area contributed by atoms with E-state index in [0.29, 0.717) is 12.0 Å². The molecule has 1 aliphatic rings. The number of cyclic esters (lactones) is 1. The first kappa shape index (κ1) is 17.0. The van der Waals surface area contributed by atoms with Gasteiger partial charge in [0.05, 0.1) is 6.61 Å². The van der Waals surface area contributed by atoms with Crippen LogP contribution in [-0.4, -0.2) is 36.6 Å². The van der Waals surface area contributed by atoms with Gasteiger partial charge in [-0.05, 0) is 25.0 Å². The van der Waals surface area contributed by atoms with Crippen LogP contribution in [0.15, 0.2) is 24.3 Å². The second-order valence-corrected chi connectivity index (χ2v) is 5.94. The fourth-order valence-electron chi connectivity index (χ4n) is 2.23. The number of rotatable bonds is 5. The molecular formula is C17H21NO5. The molecule has 1 aromatic rings. The van der Waals surface area contributed by atoms with E-state index in [9.17, 15) is 14.4 Å². The van der Waals surface area contributed by atoms with Gasteiger partial charge in [-0.15, -0.1) is 0 Å². The summed E-state index contributed by atoms with van der Waals surface area (Å²) in [6.07, 6.45) is -0.526. The quantitative estimate of drug-likeness (QED) is 0.834. The lowest BCUT2D eigenvalue weighted by Gasteiger charge is -2.22. The van der Waals surface area contributed by atoms with Gasteiger partial charge in [0.15, 0.2) is 0 Å². The minimum atomic E-state index is -0.875. The zero-order valence-corrected chi connectivity index (χ0v) is 13.5. The number of hydrogen-bond donors (Lipinski definition) is 1. The molecular weight excluding hydrogens is 298 g/mol. The van der Waals surface area contributed by atoms with E-state index in [2.05, 4.69) is 5.32 Å². The van der Waals surface area contributed by atoms with Crippen molar-refractivity contribution in [3.63, 3.8) is 0 Å². The number of carbonyl (C=O) groups excluding carboxylic acids is 3. The fourth-order valence-corrected chi connectivity index (χ4v) is 2.23. The van der Waals surface area contributed by atoms with Crippen LogP contribution in [0, 0.1) is 12.8 Å². The first-order valence-electron chi connectivity index (χ1n) is 7.63. The summed E-state index contributed by atoms with van der Waals surface area (Å²) in [6, 6.07) is 6.22. The molecule has 2 rings (SSSR count). The predicted molar refractivity (Wildman–Crippen MR) is 82.7 cm³/mol. The standard InChI is InChI=1S/C17H21NO5/c1-10(2)14(17(21)23-13-8-9-22-16(13)20)18-15(19)12-6-4-11(3)5-7-12/h4-7,10,13-14H,8-9H2,1-3H3,(H,18,19). The Balaban J connectivity index is 2.02. The van der Waals surface area contributed by atoms with E-state index in [1.165, 1.54) is 0 Å². The van der Waals surface area contributed by atoms with Crippen molar-refractivity contribution >= 4 is 17.8 Å². The summed E-state index contributed by atoms with van der Waals surface area (Å²) in [5.74, 6) is -1.68. The highest BCUT2D eigenvalue weighted by Crippen LogP contribution is 2.14. The molecule has 6 heteroatoms. The van der Waals surface area contributed by atoms with Crippen LogP contribution in [0.5, 0.6) is 0 Å². The van der Waals surface area contributed by atoms with Crippen LogP contribution in [0.25, 0.3) is 0 Å². The summed E-state index contributed by atoms with van der Waals surface area (Å²) < 4.78 is 9.94. The van der Waals surface area contributed by atoms with Crippen LogP contribution in [0.4, 0.5) is 0 Å². The number of ether oxygens (including phenoxy) is 2. The number of amides is 1. The SMILES string of the molecule is Cc1ccc(C(=O)NC(C(=O)OC2CCOC2=O)C(C)C)cc1. The van der Waals surface area contributed by atoms with Crippen molar-refractivity contribution in [1.82, 2.24) is 5.32 Å². The molecule has 6 nitrogen and oxygen atoms in total. The summed E-state index contributed by atoms with van der Waals surface area (Å²) in [5, 5.41) is 2.68. The maximum atomic E-state index is 12.3. The number of hydrogen-bond acceptors (Lipinski definition) is 5. The zero-order valence-electron chi connectivity index (χ0n) is 13.5. The Kier molecular flexibility index (Phi) is 5.36. The largest absolute Gasteiger partial charge is 0.463 e. The average Bonchev–Trinajstić information content (AvgIpc) is 2.90. The third-order valence-corrected chi connectivity index (χ3v) is 3.67. The highest BCUT2D eigenvalue weighted by molar-refractivity contribution is 5.97. The molecule has 1 saturated heterocycles. The molecule has 1 amide bonds. The lowest BCUT2D eigenvalue weighted by atomic mass is 10.0. The molecule has 0 radical (unpaired) electrons. The summed E-state index contributed by atoms with van der Waals surface area (Å²) in [7, 11) is 0. The van der Waals surface area contributed by atoms with E-state index < -0.39 is 24.1 Å². The molecule has 124 valence electrons. The van der Waals surface area contributed by atoms with Crippen molar-refractivity contribution in [2.24, 2.45) is 5.92 Å². The summed E-state index contributed by atoms with van der Waals surface area (Å²) >= 11 is 0. The molecule has 1 fully saturated rings. The third-order valence-electron chi connectivity index (χ3n) is 3.67. The smallest absolute Gasteiger partial charge is 0.347 e. The summed E-state index contributed by atoms with van der Waals surface area (Å²) in [5.41, 5.74) is 1.51. The van der Waals surface area contributed by atoms with Crippen LogP contribution in [-0.2, 0) is 19.1 Å². The van der Waals surface area contributed by atoms with E-state index in [4.69, 9.17) is 9.47 Å². The van der Waals surface area contributed by atoms with E-state index >= 15 is 0 Å². The predicted octanol–water partition coefficient (Wildman–Crippen LogP) is 1.61. The molecule has 0 aliphatic carbocycles. The molecule has 0 spiro atoms. The topological polar surface area (TPSA) is 81.7 Å². The van der Waals surface area contributed by atoms with Crippen LogP contribution in [0.2, 0.25) is 0 Å². The molecule has 1 N–H and O–H groups in total. The molecule has 2 unspecified atom stereocenters. The van der Waals surface area contributed by atoms with Gasteiger partial charge in [-0.3, -0.25) is 4.79 Å². The number of esters is 2. The molecule has 0 aromatic heterocycles. The van der Waals surface area contributed by atoms with Crippen molar-refractivity contribution in [2.75, 3.05) is 6.61 Å². The highest BCUT2D eigenvalue weighted by Gasteiger charge is 2.34. The van der Waals surface area contributed by atoms with Gasteiger partial charge in [0.2, 0.25) is 6.10 Å². The maximum Gasteiger partial charge on any atom is 0.347 e. The molecule has 0 bridgehead atoms. The Morgan fingerprint density at radius 1 is 1.26 bits per heavy atom. The number of carbonyl (C=O) groups is 3. The third kappa shape index (κ3) is 4.31. The Morgan fingerprint density at radius 2 is 1.91 bits per heavy atom. The van der Waals surface area contributed by atoms with Gasteiger partial charge in [-0.2, -0.15) is 0 Å². The van der Waals surface area contributed by atoms with Gasteiger partial charge in [-0.25, -0.2) is 9.59 Å². The Labute approximate surface area is 135 Å². The van der Waals surface area contributed by atoms with Gasteiger partial charge in [0, 0.05) is 12.0 Å². The Hall–Kier alpha value is -2.37. The number of nitrogens with one attached hydrogen (secondary N) is 1. The van der Waals surface area contributed by atoms with Gasteiger partial charge in [0.1, 0.15) is 6.04 Å². The summed E-state index contributed by atoms with van der Waals surface area (Å²) in [6.45, 7) is 5.78. The minimum Gasteiger partial charge on any atom is -0.463 e. The normalized spacial score (nSPS) is 18.4. The summed E-state index contributed by atoms with van der Waals surface area (Å²) in [4.78, 5) is 35.9. The Morgan fingerprint density at radius 3 is 2.43 bits per heavy atom. The zero-order chi connectivity index (χ0) is 17.0. The van der Waals surface area contributed by atoms with E-state index in [1.54, 1.807) is 26.0 Å². The maximum absolute atomic E-state index is 12.3. The highest BCUT2D eigenvalue weighted by atomic mass is 16.6. The van der Waals surface area contributed by atoms with Gasteiger partial charge < -0.3 is 14.8 Å². The fraction of sp³-hybridized carbons (Fsp3) is 0.471. The monoisotopic (exact) mass is 319 g/mol. The van der Waals surface area contributed by atoms with Gasteiger partial charge in [-0.1, -0.05) is 31.5 Å². The minimum absolute atomic E-state index is 0.172. The van der Waals surface area contributed by atoms with Crippen molar-refractivity contribution in [3.05, 3.63) is 35.4 Å². The van der Waals surface area contributed by atoms with Crippen molar-refractivity contribution < 1.29 is 23.9 Å². The first-order valence-corrected chi connectivity index (χ1v) is 7.63. The number of aryl methyl sites for hydroxylation is 1. The van der Waals surface area contributed by atoms with E-state index in [0.717, 1.165) is 5.56 Å². The molecule has 1 aliphatic heterocycles. The molecule has 0 saturated carbocycles. The van der Waals surface area contributed by atoms with Crippen molar-refractivity contribution in [3.8, 4) is 0 Å². The average molecular weight is 319 g/mol. The molecule has 1 heterocycles. The van der Waals surface area contributed by atoms with Crippen LogP contribution in [0.1, 0.15) is 36.2 Å². The second-order valence-electron chi connectivity index (χ2n) is 5.94. The van der Waals surface area contributed by atoms with Gasteiger partial charge >= 0.3 is 11.9 Å². The van der Waals surface area contributed by atoms with Crippen molar-refractivity contribution in [2.45, 2.75) is 39.3 Å². The Bertz CT molecular complexity index is 594.